The monoisotopic (exact) mass is 522 g/mol. The smallest absolute Gasteiger partial charge is 0.261 e. The molecule has 0 radical (unpaired) electrons. The third kappa shape index (κ3) is 7.82. The van der Waals surface area contributed by atoms with Gasteiger partial charge in [0.25, 0.3) is 5.91 Å². The van der Waals surface area contributed by atoms with E-state index in [1.807, 2.05) is 51.1 Å². The summed E-state index contributed by atoms with van der Waals surface area (Å²) in [7, 11) is 0. The summed E-state index contributed by atoms with van der Waals surface area (Å²) in [6.07, 6.45) is 0. The summed E-state index contributed by atoms with van der Waals surface area (Å²) in [6.45, 7) is 11.7. The van der Waals surface area contributed by atoms with E-state index in [1.165, 1.54) is 10.5 Å². The lowest BCUT2D eigenvalue weighted by molar-refractivity contribution is -0.142. The SMILES string of the molecule is CC(C)c1ccc(OCC(=O)N(Cc2cccc(Cl)c2)C(C)C(=O)NC(C)(C)C)c(Br)c1. The molecule has 7 heteroatoms. The Morgan fingerprint density at radius 1 is 1.12 bits per heavy atom. The fourth-order valence-corrected chi connectivity index (χ4v) is 3.83. The summed E-state index contributed by atoms with van der Waals surface area (Å²) >= 11 is 9.64. The molecular weight excluding hydrogens is 492 g/mol. The third-order valence-electron chi connectivity index (χ3n) is 4.88. The van der Waals surface area contributed by atoms with Crippen LogP contribution in [0, 0.1) is 0 Å². The molecule has 174 valence electrons. The van der Waals surface area contributed by atoms with Gasteiger partial charge in [0.1, 0.15) is 11.8 Å². The molecule has 0 aromatic heterocycles. The Bertz CT molecular complexity index is 956. The van der Waals surface area contributed by atoms with Crippen LogP contribution in [0.25, 0.3) is 0 Å². The number of rotatable bonds is 8. The van der Waals surface area contributed by atoms with Gasteiger partial charge in [-0.15, -0.1) is 0 Å². The largest absolute Gasteiger partial charge is 0.483 e. The van der Waals surface area contributed by atoms with Gasteiger partial charge in [0.2, 0.25) is 5.91 Å². The number of carbonyl (C=O) groups is 2. The highest BCUT2D eigenvalue weighted by atomic mass is 79.9. The molecule has 0 aliphatic rings. The van der Waals surface area contributed by atoms with E-state index in [0.29, 0.717) is 16.7 Å². The maximum atomic E-state index is 13.2. The second kappa shape index (κ2) is 11.2. The van der Waals surface area contributed by atoms with Gasteiger partial charge in [-0.1, -0.05) is 43.6 Å². The second-order valence-electron chi connectivity index (χ2n) is 9.20. The molecule has 0 saturated heterocycles. The first kappa shape index (κ1) is 26.2. The van der Waals surface area contributed by atoms with Gasteiger partial charge in [0.15, 0.2) is 6.61 Å². The van der Waals surface area contributed by atoms with E-state index >= 15 is 0 Å². The zero-order chi connectivity index (χ0) is 24.1. The first-order valence-electron chi connectivity index (χ1n) is 10.7. The van der Waals surface area contributed by atoms with Crippen LogP contribution in [0.5, 0.6) is 5.75 Å². The molecule has 0 spiro atoms. The van der Waals surface area contributed by atoms with Gasteiger partial charge in [-0.3, -0.25) is 9.59 Å². The van der Waals surface area contributed by atoms with Gasteiger partial charge < -0.3 is 15.0 Å². The molecule has 1 atom stereocenters. The lowest BCUT2D eigenvalue weighted by Gasteiger charge is -2.31. The fraction of sp³-hybridized carbons (Fsp3) is 0.440. The van der Waals surface area contributed by atoms with Crippen LogP contribution in [-0.2, 0) is 16.1 Å². The maximum Gasteiger partial charge on any atom is 0.261 e. The van der Waals surface area contributed by atoms with Crippen LogP contribution in [0.3, 0.4) is 0 Å². The fourth-order valence-electron chi connectivity index (χ4n) is 3.10. The lowest BCUT2D eigenvalue weighted by atomic mass is 10.0. The van der Waals surface area contributed by atoms with Gasteiger partial charge in [-0.05, 0) is 84.9 Å². The number of carbonyl (C=O) groups excluding carboxylic acids is 2. The second-order valence-corrected chi connectivity index (χ2v) is 10.5. The van der Waals surface area contributed by atoms with Crippen molar-refractivity contribution in [3.63, 3.8) is 0 Å². The first-order valence-corrected chi connectivity index (χ1v) is 11.8. The molecule has 1 N–H and O–H groups in total. The van der Waals surface area contributed by atoms with Crippen LogP contribution in [0.15, 0.2) is 46.9 Å². The lowest BCUT2D eigenvalue weighted by Crippen LogP contribution is -2.53. The van der Waals surface area contributed by atoms with Crippen molar-refractivity contribution in [3.8, 4) is 5.75 Å². The molecule has 0 heterocycles. The predicted molar refractivity (Wildman–Crippen MR) is 133 cm³/mol. The van der Waals surface area contributed by atoms with Crippen LogP contribution in [0.2, 0.25) is 5.02 Å². The minimum atomic E-state index is -0.684. The van der Waals surface area contributed by atoms with Crippen LogP contribution in [0.4, 0.5) is 0 Å². The number of amides is 2. The van der Waals surface area contributed by atoms with Crippen molar-refractivity contribution < 1.29 is 14.3 Å². The summed E-state index contributed by atoms with van der Waals surface area (Å²) < 4.78 is 6.60. The maximum absolute atomic E-state index is 13.2. The van der Waals surface area contributed by atoms with E-state index in [4.69, 9.17) is 16.3 Å². The number of hydrogen-bond donors (Lipinski definition) is 1. The predicted octanol–water partition coefficient (Wildman–Crippen LogP) is 5.94. The molecule has 0 aliphatic heterocycles. The van der Waals surface area contributed by atoms with Crippen LogP contribution in [0.1, 0.15) is 58.6 Å². The van der Waals surface area contributed by atoms with Gasteiger partial charge in [-0.2, -0.15) is 0 Å². The van der Waals surface area contributed by atoms with Crippen molar-refractivity contribution in [1.82, 2.24) is 10.2 Å². The van der Waals surface area contributed by atoms with Gasteiger partial charge in [0.05, 0.1) is 4.47 Å². The van der Waals surface area contributed by atoms with Crippen molar-refractivity contribution >= 4 is 39.3 Å². The number of hydrogen-bond acceptors (Lipinski definition) is 3. The van der Waals surface area contributed by atoms with Crippen molar-refractivity contribution in [2.24, 2.45) is 0 Å². The van der Waals surface area contributed by atoms with E-state index < -0.39 is 11.6 Å². The van der Waals surface area contributed by atoms with Crippen molar-refractivity contribution in [2.45, 2.75) is 65.6 Å². The molecule has 32 heavy (non-hydrogen) atoms. The third-order valence-corrected chi connectivity index (χ3v) is 5.74. The van der Waals surface area contributed by atoms with Gasteiger partial charge in [0, 0.05) is 17.1 Å². The molecular formula is C25H32BrClN2O3. The van der Waals surface area contributed by atoms with Crippen molar-refractivity contribution in [2.75, 3.05) is 6.61 Å². The molecule has 0 bridgehead atoms. The van der Waals surface area contributed by atoms with E-state index in [2.05, 4.69) is 35.1 Å². The normalized spacial score (nSPS) is 12.4. The summed E-state index contributed by atoms with van der Waals surface area (Å²) in [6, 6.07) is 12.4. The summed E-state index contributed by atoms with van der Waals surface area (Å²) in [4.78, 5) is 27.5. The minimum absolute atomic E-state index is 0.187. The van der Waals surface area contributed by atoms with Crippen molar-refractivity contribution in [3.05, 3.63) is 63.1 Å². The zero-order valence-electron chi connectivity index (χ0n) is 19.5. The van der Waals surface area contributed by atoms with E-state index in [-0.39, 0.29) is 25.0 Å². The summed E-state index contributed by atoms with van der Waals surface area (Å²) in [5.41, 5.74) is 1.60. The Labute approximate surface area is 204 Å². The van der Waals surface area contributed by atoms with Crippen molar-refractivity contribution in [1.29, 1.82) is 0 Å². The molecule has 1 unspecified atom stereocenters. The number of nitrogens with zero attached hydrogens (tertiary/aromatic N) is 1. The average Bonchev–Trinajstić information content (AvgIpc) is 2.69. The number of halogens is 2. The van der Waals surface area contributed by atoms with E-state index in [1.54, 1.807) is 19.1 Å². The van der Waals surface area contributed by atoms with Crippen LogP contribution in [-0.4, -0.2) is 34.9 Å². The quantitative estimate of drug-likeness (QED) is 0.466. The highest BCUT2D eigenvalue weighted by molar-refractivity contribution is 9.10. The Kier molecular flexibility index (Phi) is 9.17. The molecule has 2 aromatic rings. The Hall–Kier alpha value is -2.05. The molecule has 2 aromatic carbocycles. The summed E-state index contributed by atoms with van der Waals surface area (Å²) in [5.74, 6) is 0.450. The molecule has 5 nitrogen and oxygen atoms in total. The molecule has 0 fully saturated rings. The Morgan fingerprint density at radius 3 is 2.38 bits per heavy atom. The standard InChI is InChI=1S/C25H32BrClN2O3/c1-16(2)19-10-11-22(21(26)13-19)32-15-23(30)29(14-18-8-7-9-20(27)12-18)17(3)24(31)28-25(4,5)6/h7-13,16-17H,14-15H2,1-6H3,(H,28,31). The van der Waals surface area contributed by atoms with E-state index in [0.717, 1.165) is 10.0 Å². The molecule has 2 rings (SSSR count). The minimum Gasteiger partial charge on any atom is -0.483 e. The topological polar surface area (TPSA) is 58.6 Å². The van der Waals surface area contributed by atoms with Gasteiger partial charge in [-0.25, -0.2) is 0 Å². The number of benzene rings is 2. The van der Waals surface area contributed by atoms with Crippen LogP contribution < -0.4 is 10.1 Å². The number of ether oxygens (including phenoxy) is 1. The van der Waals surface area contributed by atoms with Crippen LogP contribution >= 0.6 is 27.5 Å². The molecule has 0 saturated carbocycles. The van der Waals surface area contributed by atoms with E-state index in [9.17, 15) is 9.59 Å². The highest BCUT2D eigenvalue weighted by Crippen LogP contribution is 2.29. The average molecular weight is 524 g/mol. The highest BCUT2D eigenvalue weighted by Gasteiger charge is 2.28. The molecule has 2 amide bonds. The molecule has 0 aliphatic carbocycles. The summed E-state index contributed by atoms with van der Waals surface area (Å²) in [5, 5.41) is 3.52. The van der Waals surface area contributed by atoms with Gasteiger partial charge >= 0.3 is 0 Å². The zero-order valence-corrected chi connectivity index (χ0v) is 21.9. The Balaban J connectivity index is 2.20. The number of nitrogens with one attached hydrogen (secondary N) is 1. The first-order chi connectivity index (χ1) is 14.9. The Morgan fingerprint density at radius 2 is 1.81 bits per heavy atom.